The number of nitrogens with zero attached hydrogens (tertiary/aromatic N) is 2. The summed E-state index contributed by atoms with van der Waals surface area (Å²) in [7, 11) is 0. The van der Waals surface area contributed by atoms with Crippen molar-refractivity contribution in [3.63, 3.8) is 0 Å². The van der Waals surface area contributed by atoms with Gasteiger partial charge in [-0.3, -0.25) is 0 Å². The van der Waals surface area contributed by atoms with Gasteiger partial charge < -0.3 is 18.7 Å². The highest BCUT2D eigenvalue weighted by Gasteiger charge is 2.43. The van der Waals surface area contributed by atoms with Crippen LogP contribution in [0.5, 0.6) is 0 Å². The van der Waals surface area contributed by atoms with Crippen molar-refractivity contribution < 1.29 is 36.7 Å². The molecule has 134 valence electrons. The Morgan fingerprint density at radius 1 is 1.28 bits per heavy atom. The van der Waals surface area contributed by atoms with Crippen LogP contribution in [0.4, 0.5) is 23.8 Å². The third-order valence-electron chi connectivity index (χ3n) is 4.27. The topological polar surface area (TPSA) is 74.0 Å². The number of ether oxygens (including phenoxy) is 3. The summed E-state index contributed by atoms with van der Waals surface area (Å²) in [6.45, 7) is 1.10. The quantitative estimate of drug-likeness (QED) is 0.840. The van der Waals surface area contributed by atoms with Crippen molar-refractivity contribution in [2.75, 3.05) is 24.8 Å². The van der Waals surface area contributed by atoms with Crippen LogP contribution in [0.2, 0.25) is 0 Å². The van der Waals surface area contributed by atoms with Gasteiger partial charge in [0.2, 0.25) is 11.4 Å². The Labute approximate surface area is 139 Å². The first-order chi connectivity index (χ1) is 12.0. The predicted octanol–water partition coefficient (Wildman–Crippen LogP) is 2.83. The van der Waals surface area contributed by atoms with Gasteiger partial charge in [0.15, 0.2) is 17.9 Å². The average molecular weight is 358 g/mol. The zero-order valence-corrected chi connectivity index (χ0v) is 13.0. The minimum absolute atomic E-state index is 0.00231. The van der Waals surface area contributed by atoms with E-state index in [1.54, 1.807) is 0 Å². The Bertz CT molecular complexity index is 836. The summed E-state index contributed by atoms with van der Waals surface area (Å²) in [5.41, 5.74) is -0.677. The van der Waals surface area contributed by atoms with Gasteiger partial charge in [-0.25, -0.2) is 18.5 Å². The number of carbonyl (C=O) groups excluding carboxylic acids is 1. The highest BCUT2D eigenvalue weighted by Crippen LogP contribution is 2.38. The van der Waals surface area contributed by atoms with E-state index in [1.807, 2.05) is 0 Å². The fraction of sp³-hybridized carbons (Fsp3) is 0.467. The van der Waals surface area contributed by atoms with Crippen LogP contribution in [0, 0.1) is 11.6 Å². The maximum Gasteiger partial charge on any atom is 0.416 e. The molecule has 4 rings (SSSR count). The molecule has 3 heterocycles. The number of amides is 1. The van der Waals surface area contributed by atoms with Crippen molar-refractivity contribution in [2.45, 2.75) is 25.4 Å². The van der Waals surface area contributed by atoms with Gasteiger partial charge in [-0.2, -0.15) is 4.39 Å². The maximum absolute atomic E-state index is 14.3. The number of halogens is 3. The molecule has 1 aromatic carbocycles. The SMILES string of the molecule is C[C@H]1OC(=O)N(c2noc3c(F)c(F)c(C4OCCO4)cc23)[C@H]1CF. The van der Waals surface area contributed by atoms with Crippen LogP contribution < -0.4 is 4.90 Å². The number of fused-ring (bicyclic) bond motifs is 1. The number of cyclic esters (lactones) is 1. The number of rotatable bonds is 3. The average Bonchev–Trinajstić information content (AvgIpc) is 3.29. The number of carbonyl (C=O) groups is 1. The molecule has 0 radical (unpaired) electrons. The van der Waals surface area contributed by atoms with E-state index in [1.165, 1.54) is 13.0 Å². The number of hydrogen-bond donors (Lipinski definition) is 0. The third kappa shape index (κ3) is 2.35. The second-order valence-corrected chi connectivity index (χ2v) is 5.73. The fourth-order valence-electron chi connectivity index (χ4n) is 2.98. The lowest BCUT2D eigenvalue weighted by molar-refractivity contribution is -0.0467. The summed E-state index contributed by atoms with van der Waals surface area (Å²) in [6.07, 6.45) is -2.65. The first kappa shape index (κ1) is 16.2. The molecule has 2 aliphatic heterocycles. The van der Waals surface area contributed by atoms with Gasteiger partial charge in [0.1, 0.15) is 18.8 Å². The third-order valence-corrected chi connectivity index (χ3v) is 4.27. The Kier molecular flexibility index (Phi) is 3.80. The number of aromatic nitrogens is 1. The van der Waals surface area contributed by atoms with Gasteiger partial charge in [0.05, 0.1) is 18.6 Å². The normalized spacial score (nSPS) is 24.5. The van der Waals surface area contributed by atoms with Gasteiger partial charge in [-0.15, -0.1) is 0 Å². The minimum Gasteiger partial charge on any atom is -0.444 e. The van der Waals surface area contributed by atoms with Crippen LogP contribution in [0.15, 0.2) is 10.6 Å². The Hall–Kier alpha value is -2.33. The monoisotopic (exact) mass is 358 g/mol. The van der Waals surface area contributed by atoms with E-state index in [-0.39, 0.29) is 30.0 Å². The Morgan fingerprint density at radius 2 is 2.00 bits per heavy atom. The number of hydrogen-bond acceptors (Lipinski definition) is 6. The summed E-state index contributed by atoms with van der Waals surface area (Å²) in [4.78, 5) is 13.0. The zero-order chi connectivity index (χ0) is 17.7. The van der Waals surface area contributed by atoms with Crippen LogP contribution >= 0.6 is 0 Å². The molecule has 2 saturated heterocycles. The number of benzene rings is 1. The van der Waals surface area contributed by atoms with E-state index in [9.17, 15) is 18.0 Å². The highest BCUT2D eigenvalue weighted by molar-refractivity contribution is 6.00. The number of anilines is 1. The standard InChI is InChI=1S/C15H13F3N2O5/c1-6-9(5-16)20(15(21)24-6)13-8-4-7(14-22-2-3-23-14)10(17)11(18)12(8)25-19-13/h4,6,9,14H,2-3,5H2,1H3/t6-,9+/m1/s1. The van der Waals surface area contributed by atoms with Crippen LogP contribution in [0.3, 0.4) is 0 Å². The molecular weight excluding hydrogens is 345 g/mol. The van der Waals surface area contributed by atoms with Gasteiger partial charge in [-0.05, 0) is 13.0 Å². The van der Waals surface area contributed by atoms with Gasteiger partial charge >= 0.3 is 6.09 Å². The van der Waals surface area contributed by atoms with Crippen molar-refractivity contribution in [1.29, 1.82) is 0 Å². The van der Waals surface area contributed by atoms with Crippen molar-refractivity contribution in [1.82, 2.24) is 5.16 Å². The smallest absolute Gasteiger partial charge is 0.416 e. The van der Waals surface area contributed by atoms with Crippen molar-refractivity contribution >= 4 is 22.9 Å². The molecule has 0 spiro atoms. The summed E-state index contributed by atoms with van der Waals surface area (Å²) < 4.78 is 62.2. The molecule has 0 bridgehead atoms. The predicted molar refractivity (Wildman–Crippen MR) is 76.8 cm³/mol. The molecular formula is C15H13F3N2O5. The zero-order valence-electron chi connectivity index (χ0n) is 13.0. The molecule has 0 unspecified atom stereocenters. The van der Waals surface area contributed by atoms with E-state index in [0.717, 1.165) is 4.90 Å². The van der Waals surface area contributed by atoms with Gasteiger partial charge in [0.25, 0.3) is 0 Å². The summed E-state index contributed by atoms with van der Waals surface area (Å²) >= 11 is 0. The lowest BCUT2D eigenvalue weighted by Crippen LogP contribution is -2.37. The van der Waals surface area contributed by atoms with Crippen molar-refractivity contribution in [3.8, 4) is 0 Å². The van der Waals surface area contributed by atoms with Crippen LogP contribution in [0.25, 0.3) is 11.0 Å². The molecule has 7 nitrogen and oxygen atoms in total. The molecule has 0 saturated carbocycles. The van der Waals surface area contributed by atoms with E-state index in [4.69, 9.17) is 18.7 Å². The van der Waals surface area contributed by atoms with Crippen molar-refractivity contribution in [2.24, 2.45) is 0 Å². The summed E-state index contributed by atoms with van der Waals surface area (Å²) in [6, 6.07) is 0.276. The summed E-state index contributed by atoms with van der Waals surface area (Å²) in [5.74, 6) is -2.63. The Balaban J connectivity index is 1.87. The van der Waals surface area contributed by atoms with E-state index in [2.05, 4.69) is 5.16 Å². The van der Waals surface area contributed by atoms with Crippen molar-refractivity contribution in [3.05, 3.63) is 23.3 Å². The first-order valence-corrected chi connectivity index (χ1v) is 7.59. The Morgan fingerprint density at radius 3 is 2.68 bits per heavy atom. The second-order valence-electron chi connectivity index (χ2n) is 5.73. The number of alkyl halides is 1. The molecule has 2 fully saturated rings. The van der Waals surface area contributed by atoms with Crippen LogP contribution in [0.1, 0.15) is 18.8 Å². The molecule has 10 heteroatoms. The molecule has 0 N–H and O–H groups in total. The first-order valence-electron chi connectivity index (χ1n) is 7.59. The van der Waals surface area contributed by atoms with E-state index >= 15 is 0 Å². The molecule has 25 heavy (non-hydrogen) atoms. The van der Waals surface area contributed by atoms with E-state index in [0.29, 0.717) is 0 Å². The minimum atomic E-state index is -1.29. The van der Waals surface area contributed by atoms with Gasteiger partial charge in [-0.1, -0.05) is 5.16 Å². The maximum atomic E-state index is 14.3. The molecule has 2 aromatic rings. The second kappa shape index (κ2) is 5.88. The highest BCUT2D eigenvalue weighted by atomic mass is 19.2. The van der Waals surface area contributed by atoms with Crippen LogP contribution in [-0.2, 0) is 14.2 Å². The molecule has 2 atom stereocenters. The lowest BCUT2D eigenvalue weighted by Gasteiger charge is -2.18. The lowest BCUT2D eigenvalue weighted by atomic mass is 10.1. The fourth-order valence-corrected chi connectivity index (χ4v) is 2.98. The molecule has 1 amide bonds. The van der Waals surface area contributed by atoms with Crippen LogP contribution in [-0.4, -0.2) is 43.3 Å². The molecule has 2 aliphatic rings. The largest absolute Gasteiger partial charge is 0.444 e. The molecule has 0 aliphatic carbocycles. The van der Waals surface area contributed by atoms with E-state index < -0.39 is 48.4 Å². The van der Waals surface area contributed by atoms with Gasteiger partial charge in [0, 0.05) is 5.56 Å². The molecule has 1 aromatic heterocycles. The summed E-state index contributed by atoms with van der Waals surface area (Å²) in [5, 5.41) is 3.62.